The molecule has 0 spiro atoms. The number of carbonyl (C=O) groups excluding carboxylic acids is 2. The molecule has 31 heavy (non-hydrogen) atoms. The molecule has 0 aliphatic carbocycles. The van der Waals surface area contributed by atoms with E-state index >= 15 is 0 Å². The molecule has 0 unspecified atom stereocenters. The number of amides is 2. The van der Waals surface area contributed by atoms with E-state index in [4.69, 9.17) is 4.74 Å². The van der Waals surface area contributed by atoms with Crippen LogP contribution in [-0.4, -0.2) is 56.4 Å². The largest absolute Gasteiger partial charge is 0.506 e. The van der Waals surface area contributed by atoms with E-state index in [9.17, 15) is 23.1 Å². The van der Waals surface area contributed by atoms with Crippen LogP contribution in [0.1, 0.15) is 30.6 Å². The number of nitrogens with one attached hydrogen (secondary N) is 2. The van der Waals surface area contributed by atoms with Gasteiger partial charge in [0.25, 0.3) is 5.91 Å². The highest BCUT2D eigenvalue weighted by Crippen LogP contribution is 2.28. The van der Waals surface area contributed by atoms with Crippen molar-refractivity contribution in [3.63, 3.8) is 0 Å². The van der Waals surface area contributed by atoms with Crippen molar-refractivity contribution in [3.05, 3.63) is 48.0 Å². The first-order valence-corrected chi connectivity index (χ1v) is 11.2. The molecule has 0 aliphatic rings. The van der Waals surface area contributed by atoms with Gasteiger partial charge < -0.3 is 20.5 Å². The zero-order valence-corrected chi connectivity index (χ0v) is 18.5. The fraction of sp³-hybridized carbons (Fsp3) is 0.333. The summed E-state index contributed by atoms with van der Waals surface area (Å²) in [5, 5.41) is 15.1. The van der Waals surface area contributed by atoms with Crippen LogP contribution in [0.5, 0.6) is 11.5 Å². The molecule has 0 saturated heterocycles. The number of anilines is 1. The minimum absolute atomic E-state index is 0.0192. The molecule has 168 valence electrons. The van der Waals surface area contributed by atoms with Crippen molar-refractivity contribution in [1.29, 1.82) is 0 Å². The summed E-state index contributed by atoms with van der Waals surface area (Å²) in [5.74, 6) is -0.723. The first-order valence-electron chi connectivity index (χ1n) is 9.78. The Morgan fingerprint density at radius 2 is 1.77 bits per heavy atom. The van der Waals surface area contributed by atoms with Crippen LogP contribution in [0.2, 0.25) is 0 Å². The molecule has 0 bridgehead atoms. The second-order valence-corrected chi connectivity index (χ2v) is 8.46. The lowest BCUT2D eigenvalue weighted by Crippen LogP contribution is -2.30. The summed E-state index contributed by atoms with van der Waals surface area (Å²) in [6.07, 6.45) is -0.0760. The molecule has 0 atom stereocenters. The SMILES string of the molecule is CCN(CC)S(=O)(=O)c1ccc(O)c(NC(=O)CCNC(=O)c2ccccc2OC)c1. The molecule has 2 aromatic rings. The standard InChI is InChI=1S/C21H27N3O6S/c1-4-24(5-2)31(28,29)15-10-11-18(25)17(14-15)23-20(26)12-13-22-21(27)16-8-6-7-9-19(16)30-3/h6-11,14,25H,4-5,12-13H2,1-3H3,(H,22,27)(H,23,26). The number of hydrogen-bond donors (Lipinski definition) is 3. The van der Waals surface area contributed by atoms with Crippen molar-refractivity contribution in [3.8, 4) is 11.5 Å². The Labute approximate surface area is 182 Å². The number of carbonyl (C=O) groups is 2. The maximum atomic E-state index is 12.7. The molecule has 0 aliphatic heterocycles. The Hall–Kier alpha value is -3.11. The molecule has 9 nitrogen and oxygen atoms in total. The minimum Gasteiger partial charge on any atom is -0.506 e. The smallest absolute Gasteiger partial charge is 0.255 e. The number of hydrogen-bond acceptors (Lipinski definition) is 6. The van der Waals surface area contributed by atoms with Crippen LogP contribution >= 0.6 is 0 Å². The summed E-state index contributed by atoms with van der Waals surface area (Å²) in [6.45, 7) is 4.09. The lowest BCUT2D eigenvalue weighted by Gasteiger charge is -2.19. The molecule has 0 radical (unpaired) electrons. The molecule has 0 aromatic heterocycles. The van der Waals surface area contributed by atoms with Gasteiger partial charge in [-0.25, -0.2) is 8.42 Å². The summed E-state index contributed by atoms with van der Waals surface area (Å²) in [7, 11) is -2.28. The quantitative estimate of drug-likeness (QED) is 0.478. The highest BCUT2D eigenvalue weighted by atomic mass is 32.2. The first-order chi connectivity index (χ1) is 14.7. The van der Waals surface area contributed by atoms with E-state index in [-0.39, 0.29) is 35.2 Å². The highest BCUT2D eigenvalue weighted by molar-refractivity contribution is 7.89. The number of benzene rings is 2. The van der Waals surface area contributed by atoms with E-state index in [1.54, 1.807) is 38.1 Å². The number of rotatable bonds is 10. The molecule has 2 rings (SSSR count). The van der Waals surface area contributed by atoms with Crippen LogP contribution in [0.3, 0.4) is 0 Å². The van der Waals surface area contributed by atoms with Crippen LogP contribution in [0, 0.1) is 0 Å². The van der Waals surface area contributed by atoms with Gasteiger partial charge in [0.05, 0.1) is 23.3 Å². The number of phenols is 1. The van der Waals surface area contributed by atoms with Gasteiger partial charge >= 0.3 is 0 Å². The molecule has 2 aromatic carbocycles. The topological polar surface area (TPSA) is 125 Å². The highest BCUT2D eigenvalue weighted by Gasteiger charge is 2.23. The van der Waals surface area contributed by atoms with E-state index < -0.39 is 15.9 Å². The molecule has 3 N–H and O–H groups in total. The average Bonchev–Trinajstić information content (AvgIpc) is 2.75. The van der Waals surface area contributed by atoms with E-state index in [2.05, 4.69) is 10.6 Å². The molecule has 2 amide bonds. The lowest BCUT2D eigenvalue weighted by atomic mass is 10.2. The Morgan fingerprint density at radius 1 is 1.10 bits per heavy atom. The van der Waals surface area contributed by atoms with Crippen LogP contribution in [0.25, 0.3) is 0 Å². The van der Waals surface area contributed by atoms with Crippen LogP contribution in [-0.2, 0) is 14.8 Å². The second kappa shape index (κ2) is 10.8. The van der Waals surface area contributed by atoms with Gasteiger partial charge in [-0.15, -0.1) is 0 Å². The maximum absolute atomic E-state index is 12.7. The fourth-order valence-corrected chi connectivity index (χ4v) is 4.40. The molecule has 0 saturated carbocycles. The Morgan fingerprint density at radius 3 is 2.42 bits per heavy atom. The summed E-state index contributed by atoms with van der Waals surface area (Å²) in [4.78, 5) is 24.5. The summed E-state index contributed by atoms with van der Waals surface area (Å²) < 4.78 is 31.7. The van der Waals surface area contributed by atoms with Gasteiger partial charge in [-0.1, -0.05) is 26.0 Å². The monoisotopic (exact) mass is 449 g/mol. The Kier molecular flexibility index (Phi) is 8.40. The Balaban J connectivity index is 2.02. The number of aromatic hydroxyl groups is 1. The van der Waals surface area contributed by atoms with Crippen molar-refractivity contribution < 1.29 is 27.9 Å². The molecular weight excluding hydrogens is 422 g/mol. The number of para-hydroxylation sites is 1. The summed E-state index contributed by atoms with van der Waals surface area (Å²) in [5.41, 5.74) is 0.326. The van der Waals surface area contributed by atoms with Crippen LogP contribution in [0.15, 0.2) is 47.4 Å². The molecule has 0 heterocycles. The number of sulfonamides is 1. The molecular formula is C21H27N3O6S. The van der Waals surface area contributed by atoms with Crippen molar-refractivity contribution in [1.82, 2.24) is 9.62 Å². The number of ether oxygens (including phenoxy) is 1. The van der Waals surface area contributed by atoms with Gasteiger partial charge in [0.2, 0.25) is 15.9 Å². The number of methoxy groups -OCH3 is 1. The molecule has 0 fully saturated rings. The van der Waals surface area contributed by atoms with Crippen molar-refractivity contribution in [2.24, 2.45) is 0 Å². The summed E-state index contributed by atoms with van der Waals surface area (Å²) >= 11 is 0. The lowest BCUT2D eigenvalue weighted by molar-refractivity contribution is -0.116. The first kappa shape index (κ1) is 24.2. The molecule has 10 heteroatoms. The number of phenolic OH excluding ortho intramolecular Hbond substituents is 1. The van der Waals surface area contributed by atoms with E-state index in [0.29, 0.717) is 24.4 Å². The Bertz CT molecular complexity index is 1040. The third-order valence-corrected chi connectivity index (χ3v) is 6.62. The van der Waals surface area contributed by atoms with Crippen molar-refractivity contribution in [2.45, 2.75) is 25.2 Å². The van der Waals surface area contributed by atoms with Gasteiger partial charge in [0.15, 0.2) is 0 Å². The van der Waals surface area contributed by atoms with E-state index in [0.717, 1.165) is 0 Å². The average molecular weight is 450 g/mol. The van der Waals surface area contributed by atoms with Gasteiger partial charge in [-0.05, 0) is 30.3 Å². The van der Waals surface area contributed by atoms with Gasteiger partial charge in [-0.2, -0.15) is 4.31 Å². The second-order valence-electron chi connectivity index (χ2n) is 6.52. The summed E-state index contributed by atoms with van der Waals surface area (Å²) in [6, 6.07) is 10.4. The zero-order chi connectivity index (χ0) is 23.0. The third-order valence-electron chi connectivity index (χ3n) is 4.57. The fourth-order valence-electron chi connectivity index (χ4n) is 2.92. The zero-order valence-electron chi connectivity index (χ0n) is 17.7. The predicted molar refractivity (Wildman–Crippen MR) is 117 cm³/mol. The van der Waals surface area contributed by atoms with Crippen LogP contribution in [0.4, 0.5) is 5.69 Å². The maximum Gasteiger partial charge on any atom is 0.255 e. The van der Waals surface area contributed by atoms with Crippen molar-refractivity contribution in [2.75, 3.05) is 32.1 Å². The van der Waals surface area contributed by atoms with Gasteiger partial charge in [-0.3, -0.25) is 9.59 Å². The number of nitrogens with zero attached hydrogens (tertiary/aromatic N) is 1. The van der Waals surface area contributed by atoms with Gasteiger partial charge in [0.1, 0.15) is 11.5 Å². The van der Waals surface area contributed by atoms with E-state index in [1.165, 1.54) is 29.6 Å². The predicted octanol–water partition coefficient (Wildman–Crippen LogP) is 2.19. The van der Waals surface area contributed by atoms with E-state index in [1.807, 2.05) is 0 Å². The third kappa shape index (κ3) is 5.96. The van der Waals surface area contributed by atoms with Crippen LogP contribution < -0.4 is 15.4 Å². The van der Waals surface area contributed by atoms with Gasteiger partial charge in [0, 0.05) is 26.1 Å². The van der Waals surface area contributed by atoms with Crippen molar-refractivity contribution >= 4 is 27.5 Å². The minimum atomic E-state index is -3.74. The normalized spacial score (nSPS) is 11.2.